The third-order valence-corrected chi connectivity index (χ3v) is 7.77. The quantitative estimate of drug-likeness (QED) is 0.198. The average molecular weight is 639 g/mol. The van der Waals surface area contributed by atoms with Crippen molar-refractivity contribution in [1.29, 1.82) is 0 Å². The van der Waals surface area contributed by atoms with Crippen molar-refractivity contribution in [3.63, 3.8) is 0 Å². The molecule has 11 nitrogen and oxygen atoms in total. The lowest BCUT2D eigenvalue weighted by molar-refractivity contribution is -0.138. The molecule has 6 rings (SSSR count). The Morgan fingerprint density at radius 1 is 1.18 bits per heavy atom. The summed E-state index contributed by atoms with van der Waals surface area (Å²) in [7, 11) is 1.57. The molecule has 3 N–H and O–H groups in total. The second-order valence-electron chi connectivity index (χ2n) is 10.3. The molecule has 232 valence electrons. The number of hydrogen-bond donors (Lipinski definition) is 2. The van der Waals surface area contributed by atoms with Crippen LogP contribution in [0.3, 0.4) is 0 Å². The number of rotatable bonds is 9. The maximum Gasteiger partial charge on any atom is 0.417 e. The van der Waals surface area contributed by atoms with Gasteiger partial charge in [-0.3, -0.25) is 9.78 Å². The van der Waals surface area contributed by atoms with E-state index in [1.807, 2.05) is 30.3 Å². The zero-order chi connectivity index (χ0) is 31.7. The highest BCUT2D eigenvalue weighted by atomic mass is 35.5. The number of nitrogens with two attached hydrogens (primary N) is 1. The van der Waals surface area contributed by atoms with Crippen LogP contribution in [0.5, 0.6) is 5.75 Å². The predicted molar refractivity (Wildman–Crippen MR) is 161 cm³/mol. The average Bonchev–Trinajstić information content (AvgIpc) is 3.33. The molecule has 0 amide bonds. The highest BCUT2D eigenvalue weighted by Gasteiger charge is 2.37. The molecule has 0 spiro atoms. The van der Waals surface area contributed by atoms with Gasteiger partial charge in [-0.1, -0.05) is 41.9 Å². The number of ether oxygens (including phenoxy) is 2. The molecule has 45 heavy (non-hydrogen) atoms. The minimum Gasteiger partial charge on any atom is -0.450 e. The highest BCUT2D eigenvalue weighted by Crippen LogP contribution is 2.38. The van der Waals surface area contributed by atoms with Crippen LogP contribution in [0, 0.1) is 0 Å². The van der Waals surface area contributed by atoms with Crippen LogP contribution < -0.4 is 21.3 Å². The summed E-state index contributed by atoms with van der Waals surface area (Å²) in [5.74, 6) is 0.331. The fraction of sp³-hybridized carbons (Fsp3) is 0.233. The lowest BCUT2D eigenvalue weighted by atomic mass is 9.88. The Balaban J connectivity index is 1.26. The Bertz CT molecular complexity index is 1920. The third-order valence-electron chi connectivity index (χ3n) is 7.40. The number of fused-ring (bicyclic) bond motifs is 1. The van der Waals surface area contributed by atoms with E-state index in [0.29, 0.717) is 30.7 Å². The van der Waals surface area contributed by atoms with Crippen LogP contribution in [0.25, 0.3) is 16.9 Å². The maximum atomic E-state index is 13.9. The topological polar surface area (TPSA) is 135 Å². The number of alkyl halides is 3. The molecular weight excluding hydrogens is 613 g/mol. The Labute approximate surface area is 259 Å². The second kappa shape index (κ2) is 12.2. The molecule has 0 atom stereocenters. The van der Waals surface area contributed by atoms with Gasteiger partial charge in [0.1, 0.15) is 21.9 Å². The summed E-state index contributed by atoms with van der Waals surface area (Å²) in [6.45, 7) is 0.378. The summed E-state index contributed by atoms with van der Waals surface area (Å²) in [6.07, 6.45) is 3.70. The van der Waals surface area contributed by atoms with E-state index < -0.39 is 23.3 Å². The number of nitrogens with one attached hydrogen (secondary N) is 1. The molecule has 0 bridgehead atoms. The van der Waals surface area contributed by atoms with Crippen molar-refractivity contribution in [3.8, 4) is 5.75 Å². The molecule has 1 aliphatic rings. The van der Waals surface area contributed by atoms with E-state index in [4.69, 9.17) is 26.8 Å². The van der Waals surface area contributed by atoms with Crippen LogP contribution in [0.4, 0.5) is 24.8 Å². The Kier molecular flexibility index (Phi) is 8.16. The molecule has 1 aromatic carbocycles. The first-order valence-corrected chi connectivity index (χ1v) is 14.1. The van der Waals surface area contributed by atoms with E-state index >= 15 is 0 Å². The third kappa shape index (κ3) is 6.19. The van der Waals surface area contributed by atoms with E-state index in [-0.39, 0.29) is 39.9 Å². The lowest BCUT2D eigenvalue weighted by Crippen LogP contribution is -2.39. The zero-order valence-corrected chi connectivity index (χ0v) is 24.5. The number of halogens is 4. The normalized spacial score (nSPS) is 16.9. The number of aryl methyl sites for hydroxylation is 1. The number of pyridine rings is 2. The summed E-state index contributed by atoms with van der Waals surface area (Å²) in [4.78, 5) is 30.3. The molecule has 4 aromatic heterocycles. The summed E-state index contributed by atoms with van der Waals surface area (Å²) < 4.78 is 56.1. The van der Waals surface area contributed by atoms with Gasteiger partial charge in [-0.15, -0.1) is 0 Å². The second-order valence-corrected chi connectivity index (χ2v) is 10.7. The summed E-state index contributed by atoms with van der Waals surface area (Å²) in [5.41, 5.74) is 5.61. The fourth-order valence-electron chi connectivity index (χ4n) is 4.94. The van der Waals surface area contributed by atoms with E-state index in [2.05, 4.69) is 25.3 Å². The smallest absolute Gasteiger partial charge is 0.417 e. The summed E-state index contributed by atoms with van der Waals surface area (Å²) in [5, 5.41) is 2.87. The van der Waals surface area contributed by atoms with E-state index in [9.17, 15) is 18.0 Å². The molecule has 15 heteroatoms. The molecular formula is C30H26ClF3N8O3. The van der Waals surface area contributed by atoms with Crippen LogP contribution >= 0.6 is 11.6 Å². The van der Waals surface area contributed by atoms with Gasteiger partial charge in [0.25, 0.3) is 5.56 Å². The number of aromatic nitrogens is 6. The van der Waals surface area contributed by atoms with Gasteiger partial charge in [0.05, 0.1) is 30.7 Å². The van der Waals surface area contributed by atoms with Gasteiger partial charge in [0.15, 0.2) is 17.2 Å². The first-order chi connectivity index (χ1) is 21.6. The van der Waals surface area contributed by atoms with Gasteiger partial charge >= 0.3 is 6.18 Å². The minimum absolute atomic E-state index is 0.0423. The Hall–Kier alpha value is -4.95. The van der Waals surface area contributed by atoms with Gasteiger partial charge < -0.3 is 29.7 Å². The molecule has 1 fully saturated rings. The minimum atomic E-state index is -4.69. The van der Waals surface area contributed by atoms with Gasteiger partial charge in [0.2, 0.25) is 5.95 Å². The number of hydrogen-bond acceptors (Lipinski definition) is 9. The molecule has 0 radical (unpaired) electrons. The summed E-state index contributed by atoms with van der Waals surface area (Å²) in [6, 6.07) is 9.86. The van der Waals surface area contributed by atoms with Crippen molar-refractivity contribution in [2.24, 2.45) is 12.8 Å². The predicted octanol–water partition coefficient (Wildman–Crippen LogP) is 5.59. The van der Waals surface area contributed by atoms with Crippen molar-refractivity contribution in [2.45, 2.75) is 37.8 Å². The van der Waals surface area contributed by atoms with Crippen molar-refractivity contribution in [1.82, 2.24) is 29.1 Å². The molecule has 1 saturated carbocycles. The monoisotopic (exact) mass is 638 g/mol. The fourth-order valence-corrected chi connectivity index (χ4v) is 5.24. The van der Waals surface area contributed by atoms with E-state index in [0.717, 1.165) is 22.4 Å². The molecule has 4 heterocycles. The van der Waals surface area contributed by atoms with Gasteiger partial charge in [-0.25, -0.2) is 9.97 Å². The van der Waals surface area contributed by atoms with Gasteiger partial charge in [-0.05, 0) is 24.5 Å². The van der Waals surface area contributed by atoms with Gasteiger partial charge in [-0.2, -0.15) is 18.2 Å². The van der Waals surface area contributed by atoms with Crippen molar-refractivity contribution in [3.05, 3.63) is 106 Å². The lowest BCUT2D eigenvalue weighted by Gasteiger charge is -2.36. The van der Waals surface area contributed by atoms with Crippen LogP contribution in [0.15, 0.2) is 78.4 Å². The van der Waals surface area contributed by atoms with E-state index in [1.165, 1.54) is 35.6 Å². The van der Waals surface area contributed by atoms with Crippen molar-refractivity contribution < 1.29 is 22.6 Å². The largest absolute Gasteiger partial charge is 0.450 e. The molecule has 0 saturated heterocycles. The van der Waals surface area contributed by atoms with Crippen LogP contribution in [0.2, 0.25) is 5.02 Å². The highest BCUT2D eigenvalue weighted by molar-refractivity contribution is 6.36. The molecule has 0 aliphatic heterocycles. The first kappa shape index (κ1) is 30.1. The molecule has 1 aliphatic carbocycles. The maximum absolute atomic E-state index is 13.9. The summed E-state index contributed by atoms with van der Waals surface area (Å²) >= 11 is 6.66. The number of nitrogens with zero attached hydrogens (tertiary/aromatic N) is 6. The van der Waals surface area contributed by atoms with Crippen LogP contribution in [-0.4, -0.2) is 35.2 Å². The van der Waals surface area contributed by atoms with Crippen molar-refractivity contribution >= 4 is 40.2 Å². The van der Waals surface area contributed by atoms with Crippen LogP contribution in [0.1, 0.15) is 35.7 Å². The standard InChI is InChI=1S/C30H26ClF3N8O3/c1-41-26-25(31)24(45-23(12-35)22-13-36-7-8-37-22)14-38-27(26)40-29(41)39-21-9-18(30(32,33)34)15-42(28(21)43)19-10-20(11-19)44-16-17-5-3-2-4-6-17/h2-9,12-15,19-20H,10-11,16,35H2,1H3,(H,38,39,40)/b23-12+. The number of imidazole rings is 1. The molecule has 5 aromatic rings. The van der Waals surface area contributed by atoms with Crippen molar-refractivity contribution in [2.75, 3.05) is 5.32 Å². The SMILES string of the molecule is Cn1c(Nc2cc(C(F)(F)F)cn(C3CC(OCc4ccccc4)C3)c2=O)nc2ncc(O/C(=C/N)c3cnccn3)c(Cl)c21. The van der Waals surface area contributed by atoms with Gasteiger partial charge in [0, 0.05) is 37.9 Å². The number of anilines is 2. The Morgan fingerprint density at radius 2 is 1.96 bits per heavy atom. The Morgan fingerprint density at radius 3 is 2.64 bits per heavy atom. The molecule has 0 unspecified atom stereocenters. The van der Waals surface area contributed by atoms with Crippen LogP contribution in [-0.2, 0) is 24.6 Å². The first-order valence-electron chi connectivity index (χ1n) is 13.8. The van der Waals surface area contributed by atoms with E-state index in [1.54, 1.807) is 7.05 Å². The number of benzene rings is 1. The zero-order valence-electron chi connectivity index (χ0n) is 23.7.